The molecule has 1 rings (SSSR count). The molecule has 102 valence electrons. The van der Waals surface area contributed by atoms with Crippen LogP contribution in [0.2, 0.25) is 0 Å². The van der Waals surface area contributed by atoms with Crippen LogP contribution in [0.15, 0.2) is 18.2 Å². The molecule has 0 radical (unpaired) electrons. The van der Waals surface area contributed by atoms with Crippen molar-refractivity contribution in [3.63, 3.8) is 0 Å². The lowest BCUT2D eigenvalue weighted by atomic mass is 9.81. The van der Waals surface area contributed by atoms with Crippen LogP contribution in [0.1, 0.15) is 57.4 Å². The van der Waals surface area contributed by atoms with Gasteiger partial charge < -0.3 is 5.32 Å². The third-order valence-electron chi connectivity index (χ3n) is 4.33. The van der Waals surface area contributed by atoms with Gasteiger partial charge in [-0.15, -0.1) is 0 Å². The second-order valence-electron chi connectivity index (χ2n) is 6.61. The van der Waals surface area contributed by atoms with E-state index in [9.17, 15) is 0 Å². The van der Waals surface area contributed by atoms with Crippen LogP contribution in [-0.4, -0.2) is 6.54 Å². The van der Waals surface area contributed by atoms with E-state index in [0.717, 1.165) is 6.54 Å². The molecule has 1 aromatic rings. The van der Waals surface area contributed by atoms with Crippen LogP contribution in [0.3, 0.4) is 0 Å². The first-order valence-corrected chi connectivity index (χ1v) is 7.04. The van der Waals surface area contributed by atoms with Crippen LogP contribution >= 0.6 is 0 Å². The Labute approximate surface area is 113 Å². The topological polar surface area (TPSA) is 12.0 Å². The lowest BCUT2D eigenvalue weighted by Gasteiger charge is -2.31. The van der Waals surface area contributed by atoms with Crippen molar-refractivity contribution in [2.45, 2.75) is 54.5 Å². The minimum Gasteiger partial charge on any atom is -0.310 e. The van der Waals surface area contributed by atoms with Gasteiger partial charge >= 0.3 is 0 Å². The smallest absolute Gasteiger partial charge is 0.0294 e. The maximum absolute atomic E-state index is 3.69. The molecule has 0 aliphatic rings. The van der Waals surface area contributed by atoms with Crippen molar-refractivity contribution in [2.75, 3.05) is 6.54 Å². The van der Waals surface area contributed by atoms with Crippen molar-refractivity contribution in [3.05, 3.63) is 34.9 Å². The fourth-order valence-electron chi connectivity index (χ4n) is 1.96. The minimum atomic E-state index is 0.339. The zero-order valence-corrected chi connectivity index (χ0v) is 13.1. The van der Waals surface area contributed by atoms with Crippen molar-refractivity contribution in [1.29, 1.82) is 0 Å². The molecule has 0 amide bonds. The molecule has 0 aliphatic carbocycles. The first kappa shape index (κ1) is 15.2. The molecule has 1 heteroatoms. The summed E-state index contributed by atoms with van der Waals surface area (Å²) in [5, 5.41) is 3.69. The molecule has 0 spiro atoms. The molecule has 18 heavy (non-hydrogen) atoms. The maximum Gasteiger partial charge on any atom is 0.0294 e. The van der Waals surface area contributed by atoms with Gasteiger partial charge in [0.25, 0.3) is 0 Å². The summed E-state index contributed by atoms with van der Waals surface area (Å²) in [4.78, 5) is 0. The van der Waals surface area contributed by atoms with Gasteiger partial charge in [-0.3, -0.25) is 0 Å². The number of nitrogens with one attached hydrogen (secondary N) is 1. The van der Waals surface area contributed by atoms with Gasteiger partial charge in [-0.2, -0.15) is 0 Å². The van der Waals surface area contributed by atoms with Crippen molar-refractivity contribution in [2.24, 2.45) is 11.3 Å². The highest BCUT2D eigenvalue weighted by molar-refractivity contribution is 5.32. The quantitative estimate of drug-likeness (QED) is 0.799. The van der Waals surface area contributed by atoms with Gasteiger partial charge in [-0.25, -0.2) is 0 Å². The first-order valence-electron chi connectivity index (χ1n) is 7.04. The average molecular weight is 247 g/mol. The Hall–Kier alpha value is -0.820. The zero-order chi connectivity index (χ0) is 13.9. The second-order valence-corrected chi connectivity index (χ2v) is 6.61. The Morgan fingerprint density at radius 1 is 1.11 bits per heavy atom. The van der Waals surface area contributed by atoms with Crippen LogP contribution < -0.4 is 5.32 Å². The molecule has 1 aromatic carbocycles. The van der Waals surface area contributed by atoms with Crippen molar-refractivity contribution in [3.8, 4) is 0 Å². The Morgan fingerprint density at radius 2 is 1.72 bits per heavy atom. The SMILES string of the molecule is Cc1ccc(C)c(C(C)NCC(C)(C)C(C)C)c1. The summed E-state index contributed by atoms with van der Waals surface area (Å²) in [6.07, 6.45) is 0. The number of hydrogen-bond acceptors (Lipinski definition) is 1. The van der Waals surface area contributed by atoms with E-state index in [-0.39, 0.29) is 0 Å². The second kappa shape index (κ2) is 5.88. The Morgan fingerprint density at radius 3 is 2.28 bits per heavy atom. The van der Waals surface area contributed by atoms with Gasteiger partial charge in [0, 0.05) is 12.6 Å². The van der Waals surface area contributed by atoms with Crippen LogP contribution in [0, 0.1) is 25.2 Å². The summed E-state index contributed by atoms with van der Waals surface area (Å²) >= 11 is 0. The van der Waals surface area contributed by atoms with E-state index in [1.54, 1.807) is 0 Å². The maximum atomic E-state index is 3.69. The molecule has 1 unspecified atom stereocenters. The van der Waals surface area contributed by atoms with E-state index in [1.807, 2.05) is 0 Å². The molecule has 0 saturated heterocycles. The Bertz CT molecular complexity index is 391. The van der Waals surface area contributed by atoms with Crippen LogP contribution in [0.5, 0.6) is 0 Å². The molecule has 0 saturated carbocycles. The summed E-state index contributed by atoms with van der Waals surface area (Å²) in [5.41, 5.74) is 4.48. The summed E-state index contributed by atoms with van der Waals surface area (Å²) in [6, 6.07) is 7.12. The number of hydrogen-bond donors (Lipinski definition) is 1. The standard InChI is InChI=1S/C17H29N/c1-12(2)17(6,7)11-18-15(5)16-10-13(3)8-9-14(16)4/h8-10,12,15,18H,11H2,1-7H3. The molecule has 1 nitrogen and oxygen atoms in total. The summed E-state index contributed by atoms with van der Waals surface area (Å²) in [6.45, 7) is 16.9. The Balaban J connectivity index is 2.71. The monoisotopic (exact) mass is 247 g/mol. The molecular weight excluding hydrogens is 218 g/mol. The van der Waals surface area contributed by atoms with E-state index < -0.39 is 0 Å². The highest BCUT2D eigenvalue weighted by Crippen LogP contribution is 2.26. The minimum absolute atomic E-state index is 0.339. The zero-order valence-electron chi connectivity index (χ0n) is 13.1. The van der Waals surface area contributed by atoms with Gasteiger partial charge in [0.05, 0.1) is 0 Å². The number of aryl methyl sites for hydroxylation is 2. The molecule has 1 N–H and O–H groups in total. The third-order valence-corrected chi connectivity index (χ3v) is 4.33. The first-order chi connectivity index (χ1) is 8.24. The van der Waals surface area contributed by atoms with Crippen LogP contribution in [0.25, 0.3) is 0 Å². The number of rotatable bonds is 5. The van der Waals surface area contributed by atoms with Crippen molar-refractivity contribution in [1.82, 2.24) is 5.32 Å². The summed E-state index contributed by atoms with van der Waals surface area (Å²) in [7, 11) is 0. The fourth-order valence-corrected chi connectivity index (χ4v) is 1.96. The molecule has 0 aliphatic heterocycles. The summed E-state index contributed by atoms with van der Waals surface area (Å²) < 4.78 is 0. The normalized spacial score (nSPS) is 14.0. The largest absolute Gasteiger partial charge is 0.310 e. The number of benzene rings is 1. The molecule has 0 fully saturated rings. The van der Waals surface area contributed by atoms with E-state index in [1.165, 1.54) is 16.7 Å². The van der Waals surface area contributed by atoms with Crippen LogP contribution in [0.4, 0.5) is 0 Å². The van der Waals surface area contributed by atoms with Gasteiger partial charge in [0.2, 0.25) is 0 Å². The third kappa shape index (κ3) is 3.84. The highest BCUT2D eigenvalue weighted by Gasteiger charge is 2.23. The molecule has 0 heterocycles. The molecular formula is C17H29N. The van der Waals surface area contributed by atoms with Gasteiger partial charge in [0.1, 0.15) is 0 Å². The Kier molecular flexibility index (Phi) is 4.98. The highest BCUT2D eigenvalue weighted by atomic mass is 14.9. The predicted octanol–water partition coefficient (Wildman–Crippen LogP) is 4.64. The van der Waals surface area contributed by atoms with E-state index in [0.29, 0.717) is 17.4 Å². The lowest BCUT2D eigenvalue weighted by Crippen LogP contribution is -2.35. The van der Waals surface area contributed by atoms with Crippen molar-refractivity contribution >= 4 is 0 Å². The van der Waals surface area contributed by atoms with Crippen molar-refractivity contribution < 1.29 is 0 Å². The summed E-state index contributed by atoms with van der Waals surface area (Å²) in [5.74, 6) is 0.691. The fraction of sp³-hybridized carbons (Fsp3) is 0.647. The lowest BCUT2D eigenvalue weighted by molar-refractivity contribution is 0.230. The van der Waals surface area contributed by atoms with E-state index >= 15 is 0 Å². The van der Waals surface area contributed by atoms with Gasteiger partial charge in [0.15, 0.2) is 0 Å². The molecule has 0 bridgehead atoms. The van der Waals surface area contributed by atoms with Gasteiger partial charge in [-0.05, 0) is 43.2 Å². The predicted molar refractivity (Wildman–Crippen MR) is 81.0 cm³/mol. The molecule has 1 atom stereocenters. The van der Waals surface area contributed by atoms with E-state index in [4.69, 9.17) is 0 Å². The van der Waals surface area contributed by atoms with Crippen LogP contribution in [-0.2, 0) is 0 Å². The van der Waals surface area contributed by atoms with Gasteiger partial charge in [-0.1, -0.05) is 51.5 Å². The van der Waals surface area contributed by atoms with E-state index in [2.05, 4.69) is 72.0 Å². The molecule has 0 aromatic heterocycles. The average Bonchev–Trinajstić information content (AvgIpc) is 2.29.